The fourth-order valence-corrected chi connectivity index (χ4v) is 4.87. The first kappa shape index (κ1) is 28.9. The van der Waals surface area contributed by atoms with E-state index in [1.807, 2.05) is 31.2 Å². The van der Waals surface area contributed by atoms with Crippen LogP contribution in [0.15, 0.2) is 54.9 Å². The number of nitrogens with zero attached hydrogens (tertiary/aromatic N) is 4. The molecule has 5 rings (SSSR count). The number of halogens is 1. The molecule has 0 saturated carbocycles. The number of aromatic amines is 1. The standard InChI is InChI=1S/C32H35FN6O3/c1-19-24(15-23(33)16-26(19)37-30(40)21-7-9-22(10-8-21)32(2,3)4)28-25-17-27(36-29(25)35-18-34-28)20-11-13-39(14-12-20)42-31(41)38(5)6/h7-11,15-18H,12-14H2,1-6H3,(H,37,40)(H,34,35,36). The molecule has 218 valence electrons. The predicted octanol–water partition coefficient (Wildman–Crippen LogP) is 6.32. The van der Waals surface area contributed by atoms with Gasteiger partial charge < -0.3 is 20.0 Å². The molecule has 0 aliphatic carbocycles. The number of hydroxylamine groups is 2. The molecule has 0 spiro atoms. The van der Waals surface area contributed by atoms with Crippen molar-refractivity contribution >= 4 is 34.3 Å². The van der Waals surface area contributed by atoms with Crippen molar-refractivity contribution in [3.8, 4) is 11.3 Å². The largest absolute Gasteiger partial charge is 0.428 e. The minimum atomic E-state index is -0.487. The first-order chi connectivity index (χ1) is 19.9. The number of aromatic nitrogens is 3. The molecule has 0 fully saturated rings. The molecule has 9 nitrogen and oxygen atoms in total. The first-order valence-corrected chi connectivity index (χ1v) is 13.8. The van der Waals surface area contributed by atoms with Crippen molar-refractivity contribution in [1.29, 1.82) is 0 Å². The third-order valence-electron chi connectivity index (χ3n) is 7.40. The van der Waals surface area contributed by atoms with Gasteiger partial charge in [0, 0.05) is 48.5 Å². The van der Waals surface area contributed by atoms with Gasteiger partial charge in [-0.1, -0.05) is 39.0 Å². The number of H-pyrrole nitrogens is 1. The predicted molar refractivity (Wildman–Crippen MR) is 161 cm³/mol. The summed E-state index contributed by atoms with van der Waals surface area (Å²) in [6.45, 7) is 9.17. The van der Waals surface area contributed by atoms with E-state index in [9.17, 15) is 14.0 Å². The molecular weight excluding hydrogens is 535 g/mol. The van der Waals surface area contributed by atoms with Crippen LogP contribution in [0.5, 0.6) is 0 Å². The maximum Gasteiger partial charge on any atom is 0.428 e. The monoisotopic (exact) mass is 570 g/mol. The van der Waals surface area contributed by atoms with Crippen LogP contribution in [0.4, 0.5) is 14.9 Å². The highest BCUT2D eigenvalue weighted by atomic mass is 19.1. The minimum Gasteiger partial charge on any atom is -0.351 e. The van der Waals surface area contributed by atoms with Gasteiger partial charge in [-0.3, -0.25) is 4.79 Å². The molecule has 4 aromatic rings. The van der Waals surface area contributed by atoms with E-state index in [0.717, 1.165) is 22.2 Å². The van der Waals surface area contributed by atoms with E-state index in [4.69, 9.17) is 4.84 Å². The number of carbonyl (C=O) groups is 2. The lowest BCUT2D eigenvalue weighted by atomic mass is 9.86. The average Bonchev–Trinajstić information content (AvgIpc) is 3.39. The third-order valence-corrected chi connectivity index (χ3v) is 7.40. The molecule has 3 heterocycles. The maximum atomic E-state index is 14.9. The Bertz CT molecular complexity index is 1690. The number of carbonyl (C=O) groups excluding carboxylic acids is 2. The fraction of sp³-hybridized carbons (Fsp3) is 0.312. The molecule has 1 aliphatic heterocycles. The average molecular weight is 571 g/mol. The lowest BCUT2D eigenvalue weighted by Crippen LogP contribution is -2.35. The summed E-state index contributed by atoms with van der Waals surface area (Å²) >= 11 is 0. The van der Waals surface area contributed by atoms with E-state index in [1.165, 1.54) is 23.4 Å². The molecule has 0 bridgehead atoms. The van der Waals surface area contributed by atoms with Gasteiger partial charge in [0.15, 0.2) is 0 Å². The number of rotatable bonds is 5. The van der Waals surface area contributed by atoms with Gasteiger partial charge in [0.1, 0.15) is 17.8 Å². The molecule has 0 saturated heterocycles. The lowest BCUT2D eigenvalue weighted by Gasteiger charge is -2.25. The van der Waals surface area contributed by atoms with Crippen LogP contribution < -0.4 is 5.32 Å². The number of amides is 2. The highest BCUT2D eigenvalue weighted by Crippen LogP contribution is 2.35. The van der Waals surface area contributed by atoms with Gasteiger partial charge >= 0.3 is 6.09 Å². The van der Waals surface area contributed by atoms with Crippen LogP contribution in [-0.4, -0.2) is 64.1 Å². The molecule has 42 heavy (non-hydrogen) atoms. The van der Waals surface area contributed by atoms with Gasteiger partial charge in [-0.25, -0.2) is 19.2 Å². The van der Waals surface area contributed by atoms with E-state index >= 15 is 0 Å². The Morgan fingerprint density at radius 1 is 1.10 bits per heavy atom. The van der Waals surface area contributed by atoms with Gasteiger partial charge in [-0.2, -0.15) is 0 Å². The Balaban J connectivity index is 1.41. The zero-order chi connectivity index (χ0) is 30.2. The Labute approximate surface area is 244 Å². The zero-order valence-corrected chi connectivity index (χ0v) is 24.7. The van der Waals surface area contributed by atoms with Crippen LogP contribution in [0.1, 0.15) is 54.4 Å². The SMILES string of the molecule is Cc1c(NC(=O)c2ccc(C(C)(C)C)cc2)cc(F)cc1-c1ncnc2[nH]c(C3=CCN(OC(=O)N(C)C)CC3)cc12. The lowest BCUT2D eigenvalue weighted by molar-refractivity contribution is -0.101. The fourth-order valence-electron chi connectivity index (χ4n) is 4.87. The number of anilines is 1. The Kier molecular flexibility index (Phi) is 7.83. The Morgan fingerprint density at radius 3 is 2.48 bits per heavy atom. The molecule has 2 N–H and O–H groups in total. The molecular formula is C32H35FN6O3. The van der Waals surface area contributed by atoms with Crippen molar-refractivity contribution < 1.29 is 18.8 Å². The van der Waals surface area contributed by atoms with Crippen molar-refractivity contribution in [2.24, 2.45) is 0 Å². The number of benzene rings is 2. The number of nitrogens with one attached hydrogen (secondary N) is 2. The van der Waals surface area contributed by atoms with E-state index < -0.39 is 11.9 Å². The van der Waals surface area contributed by atoms with Crippen LogP contribution in [0, 0.1) is 12.7 Å². The highest BCUT2D eigenvalue weighted by Gasteiger charge is 2.21. The summed E-state index contributed by atoms with van der Waals surface area (Å²) in [5, 5.41) is 5.23. The van der Waals surface area contributed by atoms with Crippen molar-refractivity contribution in [2.45, 2.75) is 39.5 Å². The van der Waals surface area contributed by atoms with Crippen LogP contribution in [0.2, 0.25) is 0 Å². The van der Waals surface area contributed by atoms with Gasteiger partial charge in [0.2, 0.25) is 0 Å². The van der Waals surface area contributed by atoms with Gasteiger partial charge in [0.05, 0.1) is 12.2 Å². The van der Waals surface area contributed by atoms with Crippen molar-refractivity contribution in [1.82, 2.24) is 24.9 Å². The Hall–Kier alpha value is -4.57. The van der Waals surface area contributed by atoms with Gasteiger partial charge in [-0.15, -0.1) is 5.06 Å². The van der Waals surface area contributed by atoms with Crippen molar-refractivity contribution in [2.75, 3.05) is 32.5 Å². The van der Waals surface area contributed by atoms with E-state index in [1.54, 1.807) is 31.3 Å². The minimum absolute atomic E-state index is 0.0291. The molecule has 0 radical (unpaired) electrons. The summed E-state index contributed by atoms with van der Waals surface area (Å²) in [5.74, 6) is -0.805. The summed E-state index contributed by atoms with van der Waals surface area (Å²) in [7, 11) is 3.28. The van der Waals surface area contributed by atoms with Gasteiger partial charge in [0.25, 0.3) is 5.91 Å². The summed E-state index contributed by atoms with van der Waals surface area (Å²) in [6, 6.07) is 12.2. The van der Waals surface area contributed by atoms with E-state index in [-0.39, 0.29) is 11.3 Å². The normalized spacial score (nSPS) is 14.0. The van der Waals surface area contributed by atoms with Crippen LogP contribution in [0.25, 0.3) is 27.9 Å². The number of hydrogen-bond acceptors (Lipinski definition) is 6. The second-order valence-electron chi connectivity index (χ2n) is 11.7. The van der Waals surface area contributed by atoms with E-state index in [0.29, 0.717) is 53.2 Å². The van der Waals surface area contributed by atoms with E-state index in [2.05, 4.69) is 41.0 Å². The van der Waals surface area contributed by atoms with Crippen molar-refractivity contribution in [3.05, 3.63) is 83.1 Å². The third kappa shape index (κ3) is 6.03. The van der Waals surface area contributed by atoms with Crippen LogP contribution in [0.3, 0.4) is 0 Å². The number of hydrogen-bond donors (Lipinski definition) is 2. The molecule has 2 aromatic heterocycles. The molecule has 1 aliphatic rings. The summed E-state index contributed by atoms with van der Waals surface area (Å²) in [5.41, 5.74) is 6.30. The van der Waals surface area contributed by atoms with Crippen LogP contribution in [-0.2, 0) is 10.3 Å². The summed E-state index contributed by atoms with van der Waals surface area (Å²) in [6.07, 6.45) is 3.67. The second kappa shape index (κ2) is 11.4. The summed E-state index contributed by atoms with van der Waals surface area (Å²) in [4.78, 5) is 44.0. The zero-order valence-electron chi connectivity index (χ0n) is 24.7. The highest BCUT2D eigenvalue weighted by molar-refractivity contribution is 6.05. The molecule has 2 amide bonds. The summed E-state index contributed by atoms with van der Waals surface area (Å²) < 4.78 is 14.9. The number of fused-ring (bicyclic) bond motifs is 1. The van der Waals surface area contributed by atoms with Crippen LogP contribution >= 0.6 is 0 Å². The molecule has 0 atom stereocenters. The second-order valence-corrected chi connectivity index (χ2v) is 11.7. The smallest absolute Gasteiger partial charge is 0.351 e. The first-order valence-electron chi connectivity index (χ1n) is 13.8. The van der Waals surface area contributed by atoms with Crippen molar-refractivity contribution in [3.63, 3.8) is 0 Å². The van der Waals surface area contributed by atoms with Gasteiger partial charge in [-0.05, 0) is 65.8 Å². The quantitative estimate of drug-likeness (QED) is 0.291. The topological polar surface area (TPSA) is 103 Å². The molecule has 10 heteroatoms. The molecule has 2 aromatic carbocycles. The Morgan fingerprint density at radius 2 is 1.83 bits per heavy atom. The maximum absolute atomic E-state index is 14.9. The molecule has 0 unspecified atom stereocenters.